The van der Waals surface area contributed by atoms with Crippen LogP contribution in [0.5, 0.6) is 0 Å². The van der Waals surface area contributed by atoms with Gasteiger partial charge in [-0.2, -0.15) is 18.3 Å². The Kier molecular flexibility index (Phi) is 4.48. The van der Waals surface area contributed by atoms with E-state index in [1.807, 2.05) is 0 Å². The summed E-state index contributed by atoms with van der Waals surface area (Å²) < 4.78 is 38.5. The van der Waals surface area contributed by atoms with Crippen molar-refractivity contribution in [1.29, 1.82) is 5.41 Å². The van der Waals surface area contributed by atoms with Crippen molar-refractivity contribution in [3.63, 3.8) is 0 Å². The number of amides is 1. The summed E-state index contributed by atoms with van der Waals surface area (Å²) in [6, 6.07) is 3.54. The molecule has 0 unspecified atom stereocenters. The molecule has 1 amide bonds. The van der Waals surface area contributed by atoms with Crippen LogP contribution in [0, 0.1) is 5.41 Å². The number of nitrogens with one attached hydrogen (secondary N) is 3. The van der Waals surface area contributed by atoms with Crippen LogP contribution < -0.4 is 11.1 Å². The highest BCUT2D eigenvalue weighted by atomic mass is 19.4. The van der Waals surface area contributed by atoms with E-state index in [9.17, 15) is 18.0 Å². The molecule has 1 aromatic carbocycles. The van der Waals surface area contributed by atoms with Crippen LogP contribution >= 0.6 is 0 Å². The van der Waals surface area contributed by atoms with E-state index in [1.54, 1.807) is 18.3 Å². The lowest BCUT2D eigenvalue weighted by atomic mass is 9.86. The second-order valence-corrected chi connectivity index (χ2v) is 6.82. The average molecular weight is 402 g/mol. The molecule has 10 heteroatoms. The van der Waals surface area contributed by atoms with E-state index < -0.39 is 23.5 Å². The topological polar surface area (TPSA) is 121 Å². The molecule has 1 aliphatic rings. The van der Waals surface area contributed by atoms with Gasteiger partial charge in [0.25, 0.3) is 5.91 Å². The molecule has 0 radical (unpaired) electrons. The van der Waals surface area contributed by atoms with Gasteiger partial charge in [0.15, 0.2) is 5.71 Å². The number of alkyl halides is 3. The Morgan fingerprint density at radius 3 is 2.66 bits per heavy atom. The number of nitrogens with zero attached hydrogens (tertiary/aromatic N) is 2. The van der Waals surface area contributed by atoms with Gasteiger partial charge in [0.05, 0.1) is 22.9 Å². The fourth-order valence-electron chi connectivity index (χ4n) is 3.76. The van der Waals surface area contributed by atoms with E-state index >= 15 is 0 Å². The molecule has 1 aliphatic carbocycles. The van der Waals surface area contributed by atoms with Crippen molar-refractivity contribution in [3.05, 3.63) is 47.0 Å². The summed E-state index contributed by atoms with van der Waals surface area (Å²) in [6.07, 6.45) is 0.449. The van der Waals surface area contributed by atoms with Crippen LogP contribution in [0.3, 0.4) is 0 Å². The van der Waals surface area contributed by atoms with Gasteiger partial charge in [0, 0.05) is 17.0 Å². The summed E-state index contributed by atoms with van der Waals surface area (Å²) >= 11 is 0. The lowest BCUT2D eigenvalue weighted by molar-refractivity contribution is -0.0591. The first-order chi connectivity index (χ1) is 13.8. The summed E-state index contributed by atoms with van der Waals surface area (Å²) in [5.74, 6) is -0.817. The van der Waals surface area contributed by atoms with Gasteiger partial charge in [-0.1, -0.05) is 0 Å². The van der Waals surface area contributed by atoms with Gasteiger partial charge in [0.2, 0.25) is 0 Å². The molecule has 0 saturated heterocycles. The summed E-state index contributed by atoms with van der Waals surface area (Å²) in [5, 5.41) is 18.1. The molecule has 29 heavy (non-hydrogen) atoms. The summed E-state index contributed by atoms with van der Waals surface area (Å²) in [7, 11) is 0. The summed E-state index contributed by atoms with van der Waals surface area (Å²) in [5.41, 5.74) is 5.84. The van der Waals surface area contributed by atoms with Gasteiger partial charge < -0.3 is 11.1 Å². The monoisotopic (exact) mass is 402 g/mol. The van der Waals surface area contributed by atoms with E-state index in [-0.39, 0.29) is 5.69 Å². The van der Waals surface area contributed by atoms with Crippen LogP contribution in [0.4, 0.5) is 13.2 Å². The lowest BCUT2D eigenvalue weighted by Gasteiger charge is -2.21. The number of aromatic nitrogens is 3. The van der Waals surface area contributed by atoms with Crippen LogP contribution in [0.2, 0.25) is 0 Å². The highest BCUT2D eigenvalue weighted by Crippen LogP contribution is 2.34. The maximum Gasteiger partial charge on any atom is 0.434 e. The molecule has 0 saturated carbocycles. The fraction of sp³-hybridized carbons (Fsp3) is 0.263. The number of aromatic amines is 1. The second-order valence-electron chi connectivity index (χ2n) is 6.82. The van der Waals surface area contributed by atoms with Crippen molar-refractivity contribution in [3.8, 4) is 0 Å². The molecule has 5 N–H and O–H groups in total. The van der Waals surface area contributed by atoms with Crippen molar-refractivity contribution in [1.82, 2.24) is 20.5 Å². The van der Waals surface area contributed by atoms with Crippen molar-refractivity contribution < 1.29 is 18.0 Å². The number of allylic oxidation sites excluding steroid dienone is 1. The molecule has 0 spiro atoms. The third-order valence-electron chi connectivity index (χ3n) is 5.07. The predicted octanol–water partition coefficient (Wildman–Crippen LogP) is 3.10. The Bertz CT molecular complexity index is 1180. The van der Waals surface area contributed by atoms with Crippen molar-refractivity contribution >= 4 is 33.4 Å². The second kappa shape index (κ2) is 6.87. The first kappa shape index (κ1) is 18.9. The number of rotatable bonds is 3. The minimum Gasteiger partial charge on any atom is -0.403 e. The Labute approximate surface area is 162 Å². The highest BCUT2D eigenvalue weighted by Gasteiger charge is 2.37. The molecule has 2 heterocycles. The SMILES string of the molecule is N=C(/C(=C\N)NC(=O)c1nc2ccc3[nH]ncc3c2c2c1CCCC2)C(F)(F)F. The number of carbonyl (C=O) groups excluding carboxylic acids is 1. The predicted molar refractivity (Wildman–Crippen MR) is 102 cm³/mol. The number of aryl methyl sites for hydroxylation is 1. The van der Waals surface area contributed by atoms with Crippen LogP contribution in [0.15, 0.2) is 30.2 Å². The van der Waals surface area contributed by atoms with Gasteiger partial charge in [-0.3, -0.25) is 15.3 Å². The Morgan fingerprint density at radius 2 is 1.97 bits per heavy atom. The number of hydrogen-bond donors (Lipinski definition) is 4. The molecular formula is C19H17F3N6O. The molecule has 7 nitrogen and oxygen atoms in total. The summed E-state index contributed by atoms with van der Waals surface area (Å²) in [6.45, 7) is 0. The molecule has 3 aromatic rings. The quantitative estimate of drug-likeness (QED) is 0.503. The zero-order valence-corrected chi connectivity index (χ0v) is 15.2. The van der Waals surface area contributed by atoms with Gasteiger partial charge in [-0.05, 0) is 48.9 Å². The number of halogens is 3. The zero-order valence-electron chi connectivity index (χ0n) is 15.2. The zero-order chi connectivity index (χ0) is 20.8. The molecule has 4 rings (SSSR count). The highest BCUT2D eigenvalue weighted by molar-refractivity contribution is 6.10. The normalized spacial score (nSPS) is 14.8. The molecule has 2 aromatic heterocycles. The van der Waals surface area contributed by atoms with Crippen LogP contribution in [0.1, 0.15) is 34.5 Å². The van der Waals surface area contributed by atoms with E-state index in [1.165, 1.54) is 0 Å². The molecule has 0 aliphatic heterocycles. The molecule has 0 atom stereocenters. The first-order valence-corrected chi connectivity index (χ1v) is 8.98. The third kappa shape index (κ3) is 3.20. The molecule has 0 fully saturated rings. The number of carbonyl (C=O) groups is 1. The smallest absolute Gasteiger partial charge is 0.403 e. The van der Waals surface area contributed by atoms with Crippen molar-refractivity contribution in [2.24, 2.45) is 5.73 Å². The van der Waals surface area contributed by atoms with Crippen molar-refractivity contribution in [2.75, 3.05) is 0 Å². The molecular weight excluding hydrogens is 385 g/mol. The molecule has 0 bridgehead atoms. The van der Waals surface area contributed by atoms with Crippen LogP contribution in [-0.4, -0.2) is 33.0 Å². The fourth-order valence-corrected chi connectivity index (χ4v) is 3.76. The van der Waals surface area contributed by atoms with Crippen molar-refractivity contribution in [2.45, 2.75) is 31.9 Å². The maximum atomic E-state index is 12.8. The summed E-state index contributed by atoms with van der Waals surface area (Å²) in [4.78, 5) is 17.3. The number of pyridine rings is 1. The Hall–Kier alpha value is -3.43. The number of hydrogen-bond acceptors (Lipinski definition) is 5. The van der Waals surface area contributed by atoms with Gasteiger partial charge in [-0.15, -0.1) is 0 Å². The van der Waals surface area contributed by atoms with E-state index in [0.717, 1.165) is 41.1 Å². The first-order valence-electron chi connectivity index (χ1n) is 8.98. The maximum absolute atomic E-state index is 12.8. The van der Waals surface area contributed by atoms with E-state index in [4.69, 9.17) is 11.1 Å². The van der Waals surface area contributed by atoms with Gasteiger partial charge in [0.1, 0.15) is 5.69 Å². The average Bonchev–Trinajstić information content (AvgIpc) is 3.18. The van der Waals surface area contributed by atoms with Gasteiger partial charge in [-0.25, -0.2) is 4.98 Å². The minimum atomic E-state index is -4.93. The van der Waals surface area contributed by atoms with E-state index in [0.29, 0.717) is 23.7 Å². The number of fused-ring (bicyclic) bond motifs is 5. The standard InChI is InChI=1S/C19H17F3N6O/c20-19(21,22)17(24)14(7-23)27-18(29)16-10-4-2-1-3-9(10)15-11-8-25-28-12(11)5-6-13(15)26-16/h5-8,24H,1-4,23H2,(H,25,28)(H,27,29)/b14-7+,24-17?. The Balaban J connectivity index is 1.83. The van der Waals surface area contributed by atoms with Crippen LogP contribution in [-0.2, 0) is 12.8 Å². The lowest BCUT2D eigenvalue weighted by Crippen LogP contribution is -2.36. The number of nitrogens with two attached hydrogens (primary N) is 1. The minimum absolute atomic E-state index is 0.0596. The Morgan fingerprint density at radius 1 is 1.24 bits per heavy atom. The number of benzene rings is 1. The van der Waals surface area contributed by atoms with Gasteiger partial charge >= 0.3 is 6.18 Å². The third-order valence-corrected chi connectivity index (χ3v) is 5.07. The molecule has 150 valence electrons. The number of H-pyrrole nitrogens is 1. The largest absolute Gasteiger partial charge is 0.434 e. The van der Waals surface area contributed by atoms with Crippen LogP contribution in [0.25, 0.3) is 21.8 Å². The van der Waals surface area contributed by atoms with E-state index in [2.05, 4.69) is 20.5 Å².